The molecule has 0 saturated heterocycles. The van der Waals surface area contributed by atoms with Crippen molar-refractivity contribution in [2.75, 3.05) is 13.2 Å². The minimum Gasteiger partial charge on any atom is -0.486 e. The molecule has 0 radical (unpaired) electrons. The largest absolute Gasteiger partial charge is 0.486 e. The van der Waals surface area contributed by atoms with Crippen LogP contribution in [-0.4, -0.2) is 33.9 Å². The number of aromatic nitrogens is 3. The summed E-state index contributed by atoms with van der Waals surface area (Å²) in [7, 11) is 0. The molecule has 1 N–H and O–H groups in total. The summed E-state index contributed by atoms with van der Waals surface area (Å²) in [5.74, 6) is 2.79. The fourth-order valence-electron chi connectivity index (χ4n) is 4.08. The zero-order chi connectivity index (χ0) is 23.1. The summed E-state index contributed by atoms with van der Waals surface area (Å²) in [6.45, 7) is 9.29. The van der Waals surface area contributed by atoms with Crippen molar-refractivity contribution in [3.05, 3.63) is 59.2 Å². The lowest BCUT2D eigenvalue weighted by Crippen LogP contribution is -2.23. The molecule has 0 fully saturated rings. The number of aryl methyl sites for hydroxylation is 2. The van der Waals surface area contributed by atoms with E-state index in [-0.39, 0.29) is 11.9 Å². The number of furan rings is 1. The van der Waals surface area contributed by atoms with E-state index in [1.807, 2.05) is 62.7 Å². The number of carbonyl (C=O) groups excluding carboxylic acids is 1. The predicted octanol–water partition coefficient (Wildman–Crippen LogP) is 4.59. The number of amides is 1. The first kappa shape index (κ1) is 21.1. The van der Waals surface area contributed by atoms with Crippen molar-refractivity contribution in [2.45, 2.75) is 40.3 Å². The second-order valence-corrected chi connectivity index (χ2v) is 8.46. The van der Waals surface area contributed by atoms with Gasteiger partial charge in [-0.3, -0.25) is 4.79 Å². The summed E-state index contributed by atoms with van der Waals surface area (Å²) in [4.78, 5) is 18.2. The molecule has 8 nitrogen and oxygen atoms in total. The zero-order valence-electron chi connectivity index (χ0n) is 19.1. The highest BCUT2D eigenvalue weighted by Gasteiger charge is 2.20. The van der Waals surface area contributed by atoms with Gasteiger partial charge >= 0.3 is 0 Å². The Labute approximate surface area is 191 Å². The molecule has 0 atom stereocenters. The van der Waals surface area contributed by atoms with E-state index < -0.39 is 0 Å². The van der Waals surface area contributed by atoms with Crippen molar-refractivity contribution in [1.82, 2.24) is 20.1 Å². The van der Waals surface area contributed by atoms with Crippen LogP contribution in [0.25, 0.3) is 22.3 Å². The van der Waals surface area contributed by atoms with Crippen LogP contribution >= 0.6 is 0 Å². The lowest BCUT2D eigenvalue weighted by Gasteiger charge is -2.19. The molecule has 33 heavy (non-hydrogen) atoms. The van der Waals surface area contributed by atoms with Crippen LogP contribution in [0.4, 0.5) is 0 Å². The fraction of sp³-hybridized carbons (Fsp3) is 0.320. The lowest BCUT2D eigenvalue weighted by molar-refractivity contribution is 0.0952. The molecule has 0 bridgehead atoms. The van der Waals surface area contributed by atoms with Gasteiger partial charge in [0.25, 0.3) is 5.91 Å². The molecule has 0 saturated carbocycles. The normalized spacial score (nSPS) is 13.0. The van der Waals surface area contributed by atoms with Gasteiger partial charge in [-0.05, 0) is 57.5 Å². The molecular formula is C25H26N4O4. The van der Waals surface area contributed by atoms with E-state index in [1.165, 1.54) is 0 Å². The Morgan fingerprint density at radius 1 is 1.12 bits per heavy atom. The Kier molecular flexibility index (Phi) is 5.28. The average Bonchev–Trinajstić information content (AvgIpc) is 3.39. The number of nitrogens with zero attached hydrogens (tertiary/aromatic N) is 3. The Morgan fingerprint density at radius 3 is 2.64 bits per heavy atom. The molecule has 1 aliphatic heterocycles. The molecule has 4 aromatic rings. The number of benzene rings is 1. The van der Waals surface area contributed by atoms with Crippen LogP contribution in [0.5, 0.6) is 11.5 Å². The van der Waals surface area contributed by atoms with Gasteiger partial charge in [0, 0.05) is 18.2 Å². The van der Waals surface area contributed by atoms with Gasteiger partial charge in [-0.15, -0.1) is 0 Å². The fourth-order valence-corrected chi connectivity index (χ4v) is 4.08. The quantitative estimate of drug-likeness (QED) is 0.482. The van der Waals surface area contributed by atoms with E-state index in [4.69, 9.17) is 18.9 Å². The maximum absolute atomic E-state index is 13.3. The number of carbonyl (C=O) groups is 1. The highest BCUT2D eigenvalue weighted by atomic mass is 16.6. The Bertz CT molecular complexity index is 1350. The first-order valence-electron chi connectivity index (χ1n) is 11.0. The van der Waals surface area contributed by atoms with Crippen LogP contribution < -0.4 is 14.8 Å². The van der Waals surface area contributed by atoms with Crippen LogP contribution in [0.1, 0.15) is 47.3 Å². The highest BCUT2D eigenvalue weighted by molar-refractivity contribution is 6.06. The van der Waals surface area contributed by atoms with Crippen molar-refractivity contribution in [3.63, 3.8) is 0 Å². The third kappa shape index (κ3) is 3.92. The summed E-state index contributed by atoms with van der Waals surface area (Å²) in [5.41, 5.74) is 3.68. The Balaban J connectivity index is 1.49. The zero-order valence-corrected chi connectivity index (χ0v) is 19.1. The van der Waals surface area contributed by atoms with Gasteiger partial charge in [0.05, 0.1) is 22.8 Å². The molecule has 170 valence electrons. The number of pyridine rings is 1. The standard InChI is InChI=1S/C25H26N4O4/c1-14(2)29-24-20(13-27-29)19(11-21(28-24)18-9-15(3)33-16(18)4)25(30)26-12-17-5-6-22-23(10-17)32-8-7-31-22/h5-6,9-11,13-14H,7-8,12H2,1-4H3,(H,26,30). The molecule has 1 aromatic carbocycles. The van der Waals surface area contributed by atoms with Crippen molar-refractivity contribution in [1.29, 1.82) is 0 Å². The van der Waals surface area contributed by atoms with Crippen LogP contribution in [0.3, 0.4) is 0 Å². The van der Waals surface area contributed by atoms with Crippen molar-refractivity contribution < 1.29 is 18.7 Å². The molecule has 1 amide bonds. The number of nitrogens with one attached hydrogen (secondary N) is 1. The van der Waals surface area contributed by atoms with E-state index >= 15 is 0 Å². The van der Waals surface area contributed by atoms with E-state index in [0.29, 0.717) is 47.8 Å². The molecule has 5 rings (SSSR count). The predicted molar refractivity (Wildman–Crippen MR) is 124 cm³/mol. The molecule has 4 heterocycles. The SMILES string of the molecule is Cc1cc(-c2cc(C(=O)NCc3ccc4c(c3)OCCO4)c3cnn(C(C)C)c3n2)c(C)o1. The van der Waals surface area contributed by atoms with Crippen LogP contribution in [0.2, 0.25) is 0 Å². The van der Waals surface area contributed by atoms with Crippen LogP contribution in [0, 0.1) is 13.8 Å². The minimum absolute atomic E-state index is 0.103. The van der Waals surface area contributed by atoms with Gasteiger partial charge in [-0.1, -0.05) is 6.07 Å². The Morgan fingerprint density at radius 2 is 1.91 bits per heavy atom. The molecular weight excluding hydrogens is 420 g/mol. The van der Waals surface area contributed by atoms with Crippen molar-refractivity contribution in [2.24, 2.45) is 0 Å². The van der Waals surface area contributed by atoms with Gasteiger partial charge in [0.1, 0.15) is 24.7 Å². The third-order valence-corrected chi connectivity index (χ3v) is 5.68. The summed E-state index contributed by atoms with van der Waals surface area (Å²) in [6, 6.07) is 9.55. The van der Waals surface area contributed by atoms with Gasteiger partial charge in [0.2, 0.25) is 0 Å². The average molecular weight is 447 g/mol. The summed E-state index contributed by atoms with van der Waals surface area (Å²) in [6.07, 6.45) is 1.71. The van der Waals surface area contributed by atoms with E-state index in [0.717, 1.165) is 28.4 Å². The third-order valence-electron chi connectivity index (χ3n) is 5.68. The Hall–Kier alpha value is -3.81. The number of ether oxygens (including phenoxy) is 2. The topological polar surface area (TPSA) is 91.4 Å². The summed E-state index contributed by atoms with van der Waals surface area (Å²) in [5, 5.41) is 8.23. The number of rotatable bonds is 5. The molecule has 3 aromatic heterocycles. The van der Waals surface area contributed by atoms with Gasteiger partial charge in [-0.25, -0.2) is 9.67 Å². The van der Waals surface area contributed by atoms with Gasteiger partial charge in [-0.2, -0.15) is 5.10 Å². The molecule has 1 aliphatic rings. The van der Waals surface area contributed by atoms with E-state index in [2.05, 4.69) is 10.4 Å². The maximum Gasteiger partial charge on any atom is 0.252 e. The number of hydrogen-bond acceptors (Lipinski definition) is 6. The summed E-state index contributed by atoms with van der Waals surface area (Å²) < 4.78 is 18.8. The van der Waals surface area contributed by atoms with Crippen molar-refractivity contribution in [3.8, 4) is 22.8 Å². The van der Waals surface area contributed by atoms with Gasteiger partial charge < -0.3 is 19.2 Å². The first-order chi connectivity index (χ1) is 15.9. The lowest BCUT2D eigenvalue weighted by atomic mass is 10.1. The second-order valence-electron chi connectivity index (χ2n) is 8.46. The smallest absolute Gasteiger partial charge is 0.252 e. The molecule has 0 aliphatic carbocycles. The number of fused-ring (bicyclic) bond motifs is 2. The van der Waals surface area contributed by atoms with Gasteiger partial charge in [0.15, 0.2) is 17.1 Å². The molecule has 8 heteroatoms. The second kappa shape index (κ2) is 8.27. The molecule has 0 spiro atoms. The van der Waals surface area contributed by atoms with Crippen LogP contribution in [0.15, 0.2) is 40.9 Å². The monoisotopic (exact) mass is 446 g/mol. The summed E-state index contributed by atoms with van der Waals surface area (Å²) >= 11 is 0. The highest BCUT2D eigenvalue weighted by Crippen LogP contribution is 2.32. The maximum atomic E-state index is 13.3. The number of hydrogen-bond donors (Lipinski definition) is 1. The minimum atomic E-state index is -0.195. The van der Waals surface area contributed by atoms with Crippen molar-refractivity contribution >= 4 is 16.9 Å². The molecule has 0 unspecified atom stereocenters. The first-order valence-corrected chi connectivity index (χ1v) is 11.0. The van der Waals surface area contributed by atoms with E-state index in [1.54, 1.807) is 6.20 Å². The van der Waals surface area contributed by atoms with E-state index in [9.17, 15) is 4.79 Å². The van der Waals surface area contributed by atoms with Crippen LogP contribution in [-0.2, 0) is 6.54 Å².